The molecule has 2 rings (SSSR count). The summed E-state index contributed by atoms with van der Waals surface area (Å²) in [4.78, 5) is 23.5. The Labute approximate surface area is 121 Å². The lowest BCUT2D eigenvalue weighted by molar-refractivity contribution is 0.0693. The molecular weight excluding hydrogens is 273 g/mol. The summed E-state index contributed by atoms with van der Waals surface area (Å²) in [7, 11) is 0. The van der Waals surface area contributed by atoms with Crippen LogP contribution in [0.15, 0.2) is 29.1 Å². The molecule has 1 aromatic heterocycles. The Hall–Kier alpha value is -2.43. The van der Waals surface area contributed by atoms with Gasteiger partial charge < -0.3 is 9.67 Å². The second-order valence-corrected chi connectivity index (χ2v) is 5.11. The monoisotopic (exact) mass is 289 g/mol. The number of aryl methyl sites for hydroxylation is 3. The van der Waals surface area contributed by atoms with Crippen LogP contribution in [0, 0.1) is 26.6 Å². The molecule has 110 valence electrons. The van der Waals surface area contributed by atoms with Gasteiger partial charge in [0.25, 0.3) is 5.56 Å². The van der Waals surface area contributed by atoms with Crippen LogP contribution in [0.2, 0.25) is 0 Å². The van der Waals surface area contributed by atoms with E-state index in [1.165, 1.54) is 16.7 Å². The highest BCUT2D eigenvalue weighted by atomic mass is 19.1. The number of aromatic carboxylic acids is 1. The molecule has 1 aromatic carbocycles. The van der Waals surface area contributed by atoms with Crippen molar-refractivity contribution in [3.63, 3.8) is 0 Å². The second kappa shape index (κ2) is 5.52. The maximum Gasteiger partial charge on any atom is 0.341 e. The highest BCUT2D eigenvalue weighted by Gasteiger charge is 2.17. The molecule has 2 aromatic rings. The van der Waals surface area contributed by atoms with Gasteiger partial charge in [-0.2, -0.15) is 0 Å². The zero-order valence-corrected chi connectivity index (χ0v) is 12.1. The smallest absolute Gasteiger partial charge is 0.341 e. The normalized spacial score (nSPS) is 10.7. The molecule has 0 radical (unpaired) electrons. The average molecular weight is 289 g/mol. The minimum atomic E-state index is -1.23. The first kappa shape index (κ1) is 15.0. The van der Waals surface area contributed by atoms with Crippen molar-refractivity contribution in [2.75, 3.05) is 0 Å². The van der Waals surface area contributed by atoms with Crippen molar-refractivity contribution in [3.8, 4) is 0 Å². The third-order valence-electron chi connectivity index (χ3n) is 3.55. The summed E-state index contributed by atoms with van der Waals surface area (Å²) in [5.41, 5.74) is 1.85. The Morgan fingerprint density at radius 2 is 1.86 bits per heavy atom. The quantitative estimate of drug-likeness (QED) is 0.945. The summed E-state index contributed by atoms with van der Waals surface area (Å²) < 4.78 is 14.5. The van der Waals surface area contributed by atoms with E-state index in [9.17, 15) is 14.0 Å². The molecule has 21 heavy (non-hydrogen) atoms. The highest BCUT2D eigenvalue weighted by Crippen LogP contribution is 2.13. The van der Waals surface area contributed by atoms with E-state index in [1.807, 2.05) is 0 Å². The van der Waals surface area contributed by atoms with Crippen molar-refractivity contribution in [2.24, 2.45) is 0 Å². The fraction of sp³-hybridized carbons (Fsp3) is 0.250. The van der Waals surface area contributed by atoms with Gasteiger partial charge in [0.05, 0.1) is 6.54 Å². The highest BCUT2D eigenvalue weighted by molar-refractivity contribution is 5.88. The van der Waals surface area contributed by atoms with Gasteiger partial charge in [-0.3, -0.25) is 4.79 Å². The molecule has 0 spiro atoms. The summed E-state index contributed by atoms with van der Waals surface area (Å²) in [5.74, 6) is -1.57. The van der Waals surface area contributed by atoms with Crippen LogP contribution in [-0.4, -0.2) is 15.6 Å². The Bertz CT molecular complexity index is 778. The van der Waals surface area contributed by atoms with E-state index < -0.39 is 11.5 Å². The summed E-state index contributed by atoms with van der Waals surface area (Å²) in [5, 5.41) is 9.16. The molecule has 0 saturated carbocycles. The van der Waals surface area contributed by atoms with Gasteiger partial charge >= 0.3 is 5.97 Å². The molecule has 0 atom stereocenters. The van der Waals surface area contributed by atoms with Crippen LogP contribution in [0.1, 0.15) is 32.7 Å². The summed E-state index contributed by atoms with van der Waals surface area (Å²) in [6.07, 6.45) is 0. The second-order valence-electron chi connectivity index (χ2n) is 5.11. The van der Waals surface area contributed by atoms with Gasteiger partial charge in [-0.1, -0.05) is 6.07 Å². The summed E-state index contributed by atoms with van der Waals surface area (Å²) in [6.45, 7) is 5.33. The van der Waals surface area contributed by atoms with E-state index in [2.05, 4.69) is 0 Å². The van der Waals surface area contributed by atoms with Crippen molar-refractivity contribution < 1.29 is 14.3 Å². The number of nitrogens with zero attached hydrogens (tertiary/aromatic N) is 1. The number of carboxylic acids is 1. The molecule has 0 aliphatic rings. The number of hydrogen-bond acceptors (Lipinski definition) is 2. The predicted octanol–water partition coefficient (Wildman–Crippen LogP) is 2.66. The Kier molecular flexibility index (Phi) is 3.93. The van der Waals surface area contributed by atoms with E-state index >= 15 is 0 Å². The largest absolute Gasteiger partial charge is 0.477 e. The first-order valence-electron chi connectivity index (χ1n) is 6.50. The fourth-order valence-corrected chi connectivity index (χ4v) is 2.39. The van der Waals surface area contributed by atoms with Crippen molar-refractivity contribution in [3.05, 3.63) is 68.4 Å². The summed E-state index contributed by atoms with van der Waals surface area (Å²) >= 11 is 0. The molecule has 1 N–H and O–H groups in total. The van der Waals surface area contributed by atoms with E-state index in [-0.39, 0.29) is 17.9 Å². The Morgan fingerprint density at radius 3 is 2.43 bits per heavy atom. The SMILES string of the molecule is Cc1cc(F)ccc1Cn1c(C)cc(C)c(C(=O)O)c1=O. The van der Waals surface area contributed by atoms with Crippen molar-refractivity contribution >= 4 is 5.97 Å². The minimum absolute atomic E-state index is 0.220. The number of carbonyl (C=O) groups is 1. The van der Waals surface area contributed by atoms with Gasteiger partial charge in [0, 0.05) is 5.69 Å². The van der Waals surface area contributed by atoms with Gasteiger partial charge in [-0.15, -0.1) is 0 Å². The predicted molar refractivity (Wildman–Crippen MR) is 77.4 cm³/mol. The van der Waals surface area contributed by atoms with Gasteiger partial charge in [0.15, 0.2) is 0 Å². The van der Waals surface area contributed by atoms with Crippen molar-refractivity contribution in [2.45, 2.75) is 27.3 Å². The van der Waals surface area contributed by atoms with E-state index in [4.69, 9.17) is 5.11 Å². The number of aromatic nitrogens is 1. The van der Waals surface area contributed by atoms with E-state index in [0.29, 0.717) is 11.3 Å². The molecule has 5 heteroatoms. The topological polar surface area (TPSA) is 59.3 Å². The zero-order chi connectivity index (χ0) is 15.7. The maximum absolute atomic E-state index is 13.1. The molecule has 1 heterocycles. The van der Waals surface area contributed by atoms with Crippen LogP contribution in [0.3, 0.4) is 0 Å². The molecule has 0 fully saturated rings. The van der Waals surface area contributed by atoms with Crippen LogP contribution in [0.25, 0.3) is 0 Å². The van der Waals surface area contributed by atoms with Crippen LogP contribution < -0.4 is 5.56 Å². The number of benzene rings is 1. The van der Waals surface area contributed by atoms with Gasteiger partial charge in [-0.05, 0) is 55.7 Å². The fourth-order valence-electron chi connectivity index (χ4n) is 2.39. The molecule has 4 nitrogen and oxygen atoms in total. The standard InChI is InChI=1S/C16H16FNO3/c1-9-7-13(17)5-4-12(9)8-18-11(3)6-10(2)14(15(18)19)16(20)21/h4-7H,8H2,1-3H3,(H,20,21). The average Bonchev–Trinajstić information content (AvgIpc) is 2.35. The van der Waals surface area contributed by atoms with E-state index in [1.54, 1.807) is 32.9 Å². The Morgan fingerprint density at radius 1 is 1.19 bits per heavy atom. The Balaban J connectivity index is 2.57. The number of hydrogen-bond donors (Lipinski definition) is 1. The number of pyridine rings is 1. The lowest BCUT2D eigenvalue weighted by atomic mass is 10.1. The third kappa shape index (κ3) is 2.86. The van der Waals surface area contributed by atoms with Crippen LogP contribution in [0.5, 0.6) is 0 Å². The third-order valence-corrected chi connectivity index (χ3v) is 3.55. The number of carboxylic acid groups (broad SMARTS) is 1. The first-order valence-corrected chi connectivity index (χ1v) is 6.50. The molecule has 0 unspecified atom stereocenters. The number of halogens is 1. The van der Waals surface area contributed by atoms with Crippen molar-refractivity contribution in [1.29, 1.82) is 0 Å². The maximum atomic E-state index is 13.1. The molecule has 0 aliphatic heterocycles. The molecule has 0 saturated heterocycles. The lowest BCUT2D eigenvalue weighted by Gasteiger charge is -2.14. The van der Waals surface area contributed by atoms with Crippen LogP contribution in [0.4, 0.5) is 4.39 Å². The molecule has 0 bridgehead atoms. The van der Waals surface area contributed by atoms with Gasteiger partial charge in [0.1, 0.15) is 11.4 Å². The van der Waals surface area contributed by atoms with Gasteiger partial charge in [-0.25, -0.2) is 9.18 Å². The lowest BCUT2D eigenvalue weighted by Crippen LogP contribution is -2.29. The molecule has 0 aliphatic carbocycles. The molecule has 0 amide bonds. The van der Waals surface area contributed by atoms with Crippen LogP contribution in [-0.2, 0) is 6.54 Å². The zero-order valence-electron chi connectivity index (χ0n) is 12.1. The minimum Gasteiger partial charge on any atom is -0.477 e. The van der Waals surface area contributed by atoms with Crippen molar-refractivity contribution in [1.82, 2.24) is 4.57 Å². The van der Waals surface area contributed by atoms with E-state index in [0.717, 1.165) is 11.1 Å². The first-order chi connectivity index (χ1) is 9.81. The summed E-state index contributed by atoms with van der Waals surface area (Å²) in [6, 6.07) is 6.00. The number of rotatable bonds is 3. The van der Waals surface area contributed by atoms with Gasteiger partial charge in [0.2, 0.25) is 0 Å². The van der Waals surface area contributed by atoms with Crippen LogP contribution >= 0.6 is 0 Å². The molecular formula is C16H16FNO3.